The number of nitrogens with two attached hydrogens (primary N) is 2. The first-order valence-corrected chi connectivity index (χ1v) is 14.1. The number of carbonyl (C=O) groups excluding carboxylic acids is 1. The van der Waals surface area contributed by atoms with Crippen molar-refractivity contribution in [2.75, 3.05) is 6.54 Å². The van der Waals surface area contributed by atoms with Crippen LogP contribution in [-0.4, -0.2) is 39.2 Å². The van der Waals surface area contributed by atoms with Gasteiger partial charge in [0, 0.05) is 41.1 Å². The fraction of sp³-hybridized carbons (Fsp3) is 0.581. The summed E-state index contributed by atoms with van der Waals surface area (Å²) in [6, 6.07) is 8.09. The molecule has 206 valence electrons. The van der Waals surface area contributed by atoms with Crippen molar-refractivity contribution in [1.29, 1.82) is 0 Å². The highest BCUT2D eigenvalue weighted by Crippen LogP contribution is 2.43. The van der Waals surface area contributed by atoms with Crippen molar-refractivity contribution >= 4 is 11.5 Å². The van der Waals surface area contributed by atoms with Crippen LogP contribution in [0.4, 0.5) is 0 Å². The van der Waals surface area contributed by atoms with Gasteiger partial charge in [-0.15, -0.1) is 0 Å². The first-order chi connectivity index (χ1) is 18.0. The SMILES string of the molecule is CCC1(N)CCC(N)(C2CC=C(c3cnc(-c4ccc(CNCC(=O)OC(C)(C)C)cc4)nc3)CC2)CC1. The molecule has 0 aliphatic heterocycles. The maximum absolute atomic E-state index is 11.8. The largest absolute Gasteiger partial charge is 0.459 e. The van der Waals surface area contributed by atoms with Crippen molar-refractivity contribution in [1.82, 2.24) is 15.3 Å². The smallest absolute Gasteiger partial charge is 0.320 e. The number of nitrogens with one attached hydrogen (secondary N) is 1. The van der Waals surface area contributed by atoms with E-state index in [0.717, 1.165) is 68.1 Å². The van der Waals surface area contributed by atoms with Gasteiger partial charge in [0.25, 0.3) is 0 Å². The van der Waals surface area contributed by atoms with Gasteiger partial charge in [0.1, 0.15) is 5.60 Å². The highest BCUT2D eigenvalue weighted by molar-refractivity contribution is 5.72. The molecule has 5 N–H and O–H groups in total. The van der Waals surface area contributed by atoms with Crippen molar-refractivity contribution < 1.29 is 9.53 Å². The number of allylic oxidation sites excluding steroid dienone is 2. The van der Waals surface area contributed by atoms with E-state index in [9.17, 15) is 4.79 Å². The molecule has 0 bridgehead atoms. The van der Waals surface area contributed by atoms with Gasteiger partial charge in [-0.3, -0.25) is 4.79 Å². The molecule has 1 atom stereocenters. The molecule has 1 aromatic heterocycles. The van der Waals surface area contributed by atoms with Gasteiger partial charge in [-0.25, -0.2) is 9.97 Å². The predicted molar refractivity (Wildman–Crippen MR) is 153 cm³/mol. The Kier molecular flexibility index (Phi) is 8.70. The molecule has 1 aromatic carbocycles. The Labute approximate surface area is 227 Å². The van der Waals surface area contributed by atoms with Crippen LogP contribution < -0.4 is 16.8 Å². The lowest BCUT2D eigenvalue weighted by atomic mass is 9.64. The average molecular weight is 520 g/mol. The molecule has 1 heterocycles. The first-order valence-electron chi connectivity index (χ1n) is 14.1. The Morgan fingerprint density at radius 1 is 1.05 bits per heavy atom. The van der Waals surface area contributed by atoms with E-state index in [1.807, 2.05) is 57.4 Å². The number of nitrogens with zero attached hydrogens (tertiary/aromatic N) is 2. The summed E-state index contributed by atoms with van der Waals surface area (Å²) in [6.07, 6.45) is 14.5. The van der Waals surface area contributed by atoms with Crippen LogP contribution in [0.5, 0.6) is 0 Å². The van der Waals surface area contributed by atoms with E-state index in [1.165, 1.54) is 5.57 Å². The molecule has 0 radical (unpaired) electrons. The molecule has 7 nitrogen and oxygen atoms in total. The Balaban J connectivity index is 1.29. The second-order valence-electron chi connectivity index (χ2n) is 12.3. The summed E-state index contributed by atoms with van der Waals surface area (Å²) in [5.74, 6) is 0.975. The number of ether oxygens (including phenoxy) is 1. The van der Waals surface area contributed by atoms with Gasteiger partial charge in [0.15, 0.2) is 5.82 Å². The standard InChI is InChI=1S/C31H45N5O2/c1-5-30(32)14-16-31(33,17-15-30)26-12-10-23(11-13-26)25-19-35-28(36-20-25)24-8-6-22(7-9-24)18-34-21-27(37)38-29(2,3)4/h6-10,19-20,26,34H,5,11-18,21,32-33H2,1-4H3. The van der Waals surface area contributed by atoms with Crippen LogP contribution in [-0.2, 0) is 16.1 Å². The normalized spacial score (nSPS) is 26.1. The van der Waals surface area contributed by atoms with Gasteiger partial charge in [-0.05, 0) is 89.2 Å². The van der Waals surface area contributed by atoms with Crippen LogP contribution in [0.1, 0.15) is 90.2 Å². The van der Waals surface area contributed by atoms with Crippen molar-refractivity contribution in [3.8, 4) is 11.4 Å². The molecular formula is C31H45N5O2. The molecule has 1 saturated carbocycles. The summed E-state index contributed by atoms with van der Waals surface area (Å²) in [5, 5.41) is 3.13. The quantitative estimate of drug-likeness (QED) is 0.414. The minimum atomic E-state index is -0.471. The average Bonchev–Trinajstić information content (AvgIpc) is 2.90. The van der Waals surface area contributed by atoms with Crippen LogP contribution in [0.25, 0.3) is 17.0 Å². The Bertz CT molecular complexity index is 1110. The molecule has 1 fully saturated rings. The van der Waals surface area contributed by atoms with Crippen LogP contribution in [0.3, 0.4) is 0 Å². The molecule has 2 aliphatic rings. The van der Waals surface area contributed by atoms with Gasteiger partial charge in [-0.1, -0.05) is 37.3 Å². The lowest BCUT2D eigenvalue weighted by Crippen LogP contribution is -2.56. The summed E-state index contributed by atoms with van der Waals surface area (Å²) in [5.41, 5.74) is 17.3. The second-order valence-corrected chi connectivity index (χ2v) is 12.3. The van der Waals surface area contributed by atoms with Gasteiger partial charge in [-0.2, -0.15) is 0 Å². The second kappa shape index (κ2) is 11.6. The summed E-state index contributed by atoms with van der Waals surface area (Å²) in [4.78, 5) is 21.2. The van der Waals surface area contributed by atoms with Crippen molar-refractivity contribution in [3.05, 3.63) is 53.9 Å². The number of rotatable bonds is 8. The third kappa shape index (κ3) is 7.28. The third-order valence-corrected chi connectivity index (χ3v) is 8.36. The zero-order chi connectivity index (χ0) is 27.4. The number of carbonyl (C=O) groups is 1. The fourth-order valence-electron chi connectivity index (χ4n) is 5.69. The summed E-state index contributed by atoms with van der Waals surface area (Å²) >= 11 is 0. The Morgan fingerprint density at radius 2 is 1.71 bits per heavy atom. The highest BCUT2D eigenvalue weighted by Gasteiger charge is 2.42. The molecule has 0 spiro atoms. The monoisotopic (exact) mass is 519 g/mol. The minimum Gasteiger partial charge on any atom is -0.459 e. The first kappa shape index (κ1) is 28.4. The lowest BCUT2D eigenvalue weighted by Gasteiger charge is -2.47. The van der Waals surface area contributed by atoms with Crippen molar-refractivity contribution in [2.45, 2.75) is 102 Å². The van der Waals surface area contributed by atoms with Gasteiger partial charge in [0.05, 0.1) is 6.54 Å². The van der Waals surface area contributed by atoms with Crippen molar-refractivity contribution in [2.24, 2.45) is 17.4 Å². The highest BCUT2D eigenvalue weighted by atomic mass is 16.6. The lowest BCUT2D eigenvalue weighted by molar-refractivity contribution is -0.153. The molecular weight excluding hydrogens is 474 g/mol. The zero-order valence-electron chi connectivity index (χ0n) is 23.6. The minimum absolute atomic E-state index is 0.0173. The number of esters is 1. The topological polar surface area (TPSA) is 116 Å². The molecule has 7 heteroatoms. The summed E-state index contributed by atoms with van der Waals surface area (Å²) < 4.78 is 5.32. The Hall–Kier alpha value is -2.61. The molecule has 2 aromatic rings. The molecule has 38 heavy (non-hydrogen) atoms. The maximum atomic E-state index is 11.8. The van der Waals surface area contributed by atoms with E-state index in [0.29, 0.717) is 18.3 Å². The summed E-state index contributed by atoms with van der Waals surface area (Å²) in [7, 11) is 0. The van der Waals surface area contributed by atoms with E-state index in [1.54, 1.807) is 0 Å². The van der Waals surface area contributed by atoms with E-state index in [-0.39, 0.29) is 23.6 Å². The van der Waals surface area contributed by atoms with E-state index >= 15 is 0 Å². The van der Waals surface area contributed by atoms with Gasteiger partial charge in [0.2, 0.25) is 0 Å². The predicted octanol–water partition coefficient (Wildman–Crippen LogP) is 5.14. The molecule has 0 saturated heterocycles. The molecule has 2 aliphatic carbocycles. The summed E-state index contributed by atoms with van der Waals surface area (Å²) in [6.45, 7) is 8.56. The molecule has 4 rings (SSSR count). The van der Waals surface area contributed by atoms with Crippen LogP contribution >= 0.6 is 0 Å². The maximum Gasteiger partial charge on any atom is 0.320 e. The number of benzene rings is 1. The van der Waals surface area contributed by atoms with Gasteiger partial charge >= 0.3 is 5.97 Å². The van der Waals surface area contributed by atoms with Gasteiger partial charge < -0.3 is 21.5 Å². The molecule has 1 unspecified atom stereocenters. The number of hydrogen-bond acceptors (Lipinski definition) is 7. The van der Waals surface area contributed by atoms with E-state index in [4.69, 9.17) is 16.2 Å². The van der Waals surface area contributed by atoms with Crippen LogP contribution in [0.2, 0.25) is 0 Å². The Morgan fingerprint density at radius 3 is 2.26 bits per heavy atom. The number of aromatic nitrogens is 2. The third-order valence-electron chi connectivity index (χ3n) is 8.36. The van der Waals surface area contributed by atoms with Crippen LogP contribution in [0.15, 0.2) is 42.7 Å². The zero-order valence-corrected chi connectivity index (χ0v) is 23.6. The number of hydrogen-bond donors (Lipinski definition) is 3. The molecule has 0 amide bonds. The van der Waals surface area contributed by atoms with E-state index in [2.05, 4.69) is 28.3 Å². The van der Waals surface area contributed by atoms with E-state index < -0.39 is 5.60 Å². The van der Waals surface area contributed by atoms with Crippen molar-refractivity contribution in [3.63, 3.8) is 0 Å². The fourth-order valence-corrected chi connectivity index (χ4v) is 5.69. The van der Waals surface area contributed by atoms with Crippen LogP contribution in [0, 0.1) is 5.92 Å².